The molecular formula is C12H25N3O2. The first-order valence-electron chi connectivity index (χ1n) is 6.29. The number of morpholine rings is 1. The molecular weight excluding hydrogens is 218 g/mol. The maximum atomic E-state index is 11.5. The van der Waals surface area contributed by atoms with E-state index < -0.39 is 0 Å². The second kappa shape index (κ2) is 6.81. The maximum absolute atomic E-state index is 11.5. The van der Waals surface area contributed by atoms with Gasteiger partial charge in [0.2, 0.25) is 0 Å². The van der Waals surface area contributed by atoms with E-state index in [9.17, 15) is 4.79 Å². The molecule has 0 aromatic carbocycles. The van der Waals surface area contributed by atoms with Gasteiger partial charge in [-0.05, 0) is 5.92 Å². The van der Waals surface area contributed by atoms with Crippen molar-refractivity contribution < 1.29 is 9.53 Å². The van der Waals surface area contributed by atoms with Crippen LogP contribution in [0.5, 0.6) is 0 Å². The van der Waals surface area contributed by atoms with Crippen LogP contribution in [0, 0.1) is 5.92 Å². The zero-order valence-corrected chi connectivity index (χ0v) is 11.4. The first-order valence-corrected chi connectivity index (χ1v) is 6.29. The summed E-state index contributed by atoms with van der Waals surface area (Å²) in [5.74, 6) is 0.524. The number of urea groups is 1. The van der Waals surface area contributed by atoms with Gasteiger partial charge in [-0.15, -0.1) is 0 Å². The van der Waals surface area contributed by atoms with Crippen molar-refractivity contribution in [2.24, 2.45) is 5.92 Å². The van der Waals surface area contributed by atoms with Crippen LogP contribution in [-0.4, -0.2) is 68.8 Å². The molecule has 0 aromatic rings. The summed E-state index contributed by atoms with van der Waals surface area (Å²) in [6, 6.07) is 0.367. The van der Waals surface area contributed by atoms with Gasteiger partial charge in [0.25, 0.3) is 0 Å². The summed E-state index contributed by atoms with van der Waals surface area (Å²) in [7, 11) is 3.52. The molecule has 5 heteroatoms. The van der Waals surface area contributed by atoms with Gasteiger partial charge >= 0.3 is 6.03 Å². The van der Waals surface area contributed by atoms with Crippen LogP contribution in [0.15, 0.2) is 0 Å². The molecule has 0 bridgehead atoms. The van der Waals surface area contributed by atoms with Crippen LogP contribution in [-0.2, 0) is 4.74 Å². The molecule has 1 unspecified atom stereocenters. The van der Waals surface area contributed by atoms with Crippen molar-refractivity contribution in [3.05, 3.63) is 0 Å². The van der Waals surface area contributed by atoms with Crippen LogP contribution >= 0.6 is 0 Å². The lowest BCUT2D eigenvalue weighted by Crippen LogP contribution is -2.52. The Morgan fingerprint density at radius 3 is 2.41 bits per heavy atom. The standard InChI is InChI=1S/C12H25N3O2/c1-10(2)11(9-13-12(16)14(3)4)15-5-7-17-8-6-15/h10-11H,5-9H2,1-4H3,(H,13,16). The number of nitrogens with zero attached hydrogens (tertiary/aromatic N) is 2. The molecule has 1 N–H and O–H groups in total. The highest BCUT2D eigenvalue weighted by molar-refractivity contribution is 5.73. The third-order valence-corrected chi connectivity index (χ3v) is 3.15. The van der Waals surface area contributed by atoms with Crippen molar-refractivity contribution in [3.8, 4) is 0 Å². The van der Waals surface area contributed by atoms with Gasteiger partial charge in [0.05, 0.1) is 13.2 Å². The zero-order valence-electron chi connectivity index (χ0n) is 11.4. The van der Waals surface area contributed by atoms with Gasteiger partial charge in [0, 0.05) is 39.8 Å². The molecule has 0 spiro atoms. The Morgan fingerprint density at radius 1 is 1.35 bits per heavy atom. The van der Waals surface area contributed by atoms with Gasteiger partial charge in [-0.1, -0.05) is 13.8 Å². The van der Waals surface area contributed by atoms with Crippen LogP contribution in [0.2, 0.25) is 0 Å². The largest absolute Gasteiger partial charge is 0.379 e. The second-order valence-electron chi connectivity index (χ2n) is 5.04. The molecule has 5 nitrogen and oxygen atoms in total. The van der Waals surface area contributed by atoms with E-state index in [1.54, 1.807) is 19.0 Å². The molecule has 1 fully saturated rings. The van der Waals surface area contributed by atoms with Crippen molar-refractivity contribution >= 4 is 6.03 Å². The van der Waals surface area contributed by atoms with Gasteiger partial charge in [-0.25, -0.2) is 4.79 Å². The summed E-state index contributed by atoms with van der Waals surface area (Å²) in [5.41, 5.74) is 0. The van der Waals surface area contributed by atoms with E-state index in [0.29, 0.717) is 18.5 Å². The summed E-state index contributed by atoms with van der Waals surface area (Å²) in [6.07, 6.45) is 0. The molecule has 0 aromatic heterocycles. The minimum absolute atomic E-state index is 0.0242. The molecule has 1 saturated heterocycles. The van der Waals surface area contributed by atoms with Crippen molar-refractivity contribution in [2.45, 2.75) is 19.9 Å². The van der Waals surface area contributed by atoms with E-state index in [1.165, 1.54) is 0 Å². The van der Waals surface area contributed by atoms with Gasteiger partial charge in [0.15, 0.2) is 0 Å². The number of hydrogen-bond donors (Lipinski definition) is 1. The molecule has 100 valence electrons. The van der Waals surface area contributed by atoms with Crippen molar-refractivity contribution in [1.29, 1.82) is 0 Å². The number of nitrogens with one attached hydrogen (secondary N) is 1. The van der Waals surface area contributed by atoms with E-state index >= 15 is 0 Å². The number of hydrogen-bond acceptors (Lipinski definition) is 3. The summed E-state index contributed by atoms with van der Waals surface area (Å²) >= 11 is 0. The molecule has 2 amide bonds. The Labute approximate surface area is 104 Å². The fourth-order valence-corrected chi connectivity index (χ4v) is 2.05. The van der Waals surface area contributed by atoms with E-state index in [-0.39, 0.29) is 6.03 Å². The number of amides is 2. The first kappa shape index (κ1) is 14.3. The van der Waals surface area contributed by atoms with E-state index in [1.807, 2.05) is 0 Å². The molecule has 1 aliphatic rings. The maximum Gasteiger partial charge on any atom is 0.316 e. The lowest BCUT2D eigenvalue weighted by Gasteiger charge is -2.37. The molecule has 1 heterocycles. The Balaban J connectivity index is 2.45. The summed E-state index contributed by atoms with van der Waals surface area (Å²) in [5, 5.41) is 2.97. The Kier molecular flexibility index (Phi) is 5.71. The monoisotopic (exact) mass is 243 g/mol. The summed E-state index contributed by atoms with van der Waals surface area (Å²) in [4.78, 5) is 15.5. The molecule has 1 rings (SSSR count). The normalized spacial score (nSPS) is 19.1. The van der Waals surface area contributed by atoms with Crippen LogP contribution in [0.3, 0.4) is 0 Å². The Bertz CT molecular complexity index is 238. The SMILES string of the molecule is CC(C)C(CNC(=O)N(C)C)N1CCOCC1. The molecule has 1 atom stereocenters. The molecule has 17 heavy (non-hydrogen) atoms. The van der Waals surface area contributed by atoms with E-state index in [0.717, 1.165) is 26.3 Å². The highest BCUT2D eigenvalue weighted by atomic mass is 16.5. The number of carbonyl (C=O) groups is 1. The fourth-order valence-electron chi connectivity index (χ4n) is 2.05. The molecule has 0 aliphatic carbocycles. The van der Waals surface area contributed by atoms with E-state index in [2.05, 4.69) is 24.1 Å². The quantitative estimate of drug-likeness (QED) is 0.787. The fraction of sp³-hybridized carbons (Fsp3) is 0.917. The topological polar surface area (TPSA) is 44.8 Å². The van der Waals surface area contributed by atoms with Crippen LogP contribution in [0.4, 0.5) is 4.79 Å². The van der Waals surface area contributed by atoms with Crippen molar-refractivity contribution in [3.63, 3.8) is 0 Å². The van der Waals surface area contributed by atoms with Crippen molar-refractivity contribution in [2.75, 3.05) is 46.9 Å². The predicted molar refractivity (Wildman–Crippen MR) is 68.1 cm³/mol. The van der Waals surface area contributed by atoms with Gasteiger partial charge in [-0.2, -0.15) is 0 Å². The average Bonchev–Trinajstić information content (AvgIpc) is 2.29. The number of carbonyl (C=O) groups excluding carboxylic acids is 1. The molecule has 0 radical (unpaired) electrons. The lowest BCUT2D eigenvalue weighted by molar-refractivity contribution is 0.00703. The Hall–Kier alpha value is -0.810. The highest BCUT2D eigenvalue weighted by Gasteiger charge is 2.24. The summed E-state index contributed by atoms with van der Waals surface area (Å²) < 4.78 is 5.36. The minimum Gasteiger partial charge on any atom is -0.379 e. The van der Waals surface area contributed by atoms with Gasteiger partial charge in [-0.3, -0.25) is 4.90 Å². The number of rotatable bonds is 4. The Morgan fingerprint density at radius 2 is 1.94 bits per heavy atom. The smallest absolute Gasteiger partial charge is 0.316 e. The van der Waals surface area contributed by atoms with Gasteiger partial charge in [0.1, 0.15) is 0 Å². The van der Waals surface area contributed by atoms with Crippen LogP contribution in [0.1, 0.15) is 13.8 Å². The average molecular weight is 243 g/mol. The third-order valence-electron chi connectivity index (χ3n) is 3.15. The number of ether oxygens (including phenoxy) is 1. The van der Waals surface area contributed by atoms with Crippen LogP contribution in [0.25, 0.3) is 0 Å². The van der Waals surface area contributed by atoms with Crippen LogP contribution < -0.4 is 5.32 Å². The molecule has 0 saturated carbocycles. The van der Waals surface area contributed by atoms with E-state index in [4.69, 9.17) is 4.74 Å². The highest BCUT2D eigenvalue weighted by Crippen LogP contribution is 2.12. The van der Waals surface area contributed by atoms with Gasteiger partial charge < -0.3 is 15.0 Å². The van der Waals surface area contributed by atoms with Crippen molar-refractivity contribution in [1.82, 2.24) is 15.1 Å². The minimum atomic E-state index is -0.0242. The molecule has 1 aliphatic heterocycles. The third kappa shape index (κ3) is 4.52. The second-order valence-corrected chi connectivity index (χ2v) is 5.04. The summed E-state index contributed by atoms with van der Waals surface area (Å²) in [6.45, 7) is 8.61. The zero-order chi connectivity index (χ0) is 12.8. The first-order chi connectivity index (χ1) is 8.02. The lowest BCUT2D eigenvalue weighted by atomic mass is 10.0. The predicted octanol–water partition coefficient (Wildman–Crippen LogP) is 0.614.